The topological polar surface area (TPSA) is 72.2 Å². The Hall–Kier alpha value is -0.0800. The zero-order chi connectivity index (χ0) is 14.5. The Balaban J connectivity index is 2.88. The first kappa shape index (κ1) is 17.0. The van der Waals surface area contributed by atoms with Gasteiger partial charge in [0.15, 0.2) is 0 Å². The van der Waals surface area contributed by atoms with Crippen molar-refractivity contribution < 1.29 is 8.42 Å². The van der Waals surface area contributed by atoms with Gasteiger partial charge in [-0.05, 0) is 51.6 Å². The Morgan fingerprint density at radius 2 is 2.16 bits per heavy atom. The normalized spacial score (nSPS) is 13.5. The fourth-order valence-electron chi connectivity index (χ4n) is 1.55. The summed E-state index contributed by atoms with van der Waals surface area (Å²) in [5.41, 5.74) is 6.33. The van der Waals surface area contributed by atoms with Gasteiger partial charge in [0.05, 0.1) is 4.90 Å². The van der Waals surface area contributed by atoms with Crippen molar-refractivity contribution in [1.29, 1.82) is 0 Å². The van der Waals surface area contributed by atoms with E-state index in [2.05, 4.69) is 20.7 Å². The van der Waals surface area contributed by atoms with E-state index >= 15 is 0 Å². The van der Waals surface area contributed by atoms with Crippen LogP contribution in [0.1, 0.15) is 12.5 Å². The van der Waals surface area contributed by atoms with Gasteiger partial charge in [0.1, 0.15) is 0 Å². The van der Waals surface area contributed by atoms with E-state index in [4.69, 9.17) is 5.73 Å². The standard InChI is InChI=1S/C12H19BrN2O2S2/c1-9(8-18-2)7-15-19(16,17)12-5-10(6-14)3-4-11(12)13/h3-5,9,15H,6-8,14H2,1-2H3. The van der Waals surface area contributed by atoms with Crippen molar-refractivity contribution in [2.75, 3.05) is 18.6 Å². The molecule has 1 rings (SSSR count). The van der Waals surface area contributed by atoms with Crippen LogP contribution in [0.15, 0.2) is 27.6 Å². The van der Waals surface area contributed by atoms with Crippen LogP contribution in [0, 0.1) is 5.92 Å². The molecule has 7 heteroatoms. The summed E-state index contributed by atoms with van der Waals surface area (Å²) in [6, 6.07) is 5.12. The lowest BCUT2D eigenvalue weighted by atomic mass is 10.2. The second kappa shape index (κ2) is 7.64. The highest BCUT2D eigenvalue weighted by atomic mass is 79.9. The van der Waals surface area contributed by atoms with E-state index in [-0.39, 0.29) is 4.90 Å². The summed E-state index contributed by atoms with van der Waals surface area (Å²) in [5, 5.41) is 0. The number of nitrogens with one attached hydrogen (secondary N) is 1. The van der Waals surface area contributed by atoms with Gasteiger partial charge in [-0.25, -0.2) is 13.1 Å². The molecule has 0 radical (unpaired) electrons. The van der Waals surface area contributed by atoms with E-state index < -0.39 is 10.0 Å². The van der Waals surface area contributed by atoms with Gasteiger partial charge in [-0.1, -0.05) is 13.0 Å². The van der Waals surface area contributed by atoms with Crippen molar-refractivity contribution in [2.45, 2.75) is 18.4 Å². The van der Waals surface area contributed by atoms with Crippen LogP contribution < -0.4 is 10.5 Å². The second-order valence-electron chi connectivity index (χ2n) is 4.38. The number of hydrogen-bond donors (Lipinski definition) is 2. The molecule has 4 nitrogen and oxygen atoms in total. The van der Waals surface area contributed by atoms with Gasteiger partial charge in [-0.15, -0.1) is 0 Å². The minimum Gasteiger partial charge on any atom is -0.326 e. The largest absolute Gasteiger partial charge is 0.326 e. The number of hydrogen-bond acceptors (Lipinski definition) is 4. The summed E-state index contributed by atoms with van der Waals surface area (Å²) < 4.78 is 27.7. The number of nitrogens with two attached hydrogens (primary N) is 1. The molecule has 0 bridgehead atoms. The van der Waals surface area contributed by atoms with E-state index in [9.17, 15) is 8.42 Å². The van der Waals surface area contributed by atoms with Crippen LogP contribution in [0.3, 0.4) is 0 Å². The summed E-state index contributed by atoms with van der Waals surface area (Å²) >= 11 is 4.97. The average molecular weight is 367 g/mol. The van der Waals surface area contributed by atoms with Crippen molar-refractivity contribution >= 4 is 37.7 Å². The third-order valence-electron chi connectivity index (χ3n) is 2.59. The number of benzene rings is 1. The van der Waals surface area contributed by atoms with Gasteiger partial charge in [0, 0.05) is 17.6 Å². The zero-order valence-corrected chi connectivity index (χ0v) is 14.2. The predicted molar refractivity (Wildman–Crippen MR) is 84.8 cm³/mol. The molecule has 1 aromatic rings. The molecule has 0 aliphatic carbocycles. The van der Waals surface area contributed by atoms with E-state index in [0.29, 0.717) is 23.5 Å². The van der Waals surface area contributed by atoms with E-state index in [1.54, 1.807) is 30.0 Å². The highest BCUT2D eigenvalue weighted by Crippen LogP contribution is 2.23. The third kappa shape index (κ3) is 5.07. The molecular weight excluding hydrogens is 348 g/mol. The van der Waals surface area contributed by atoms with Crippen molar-refractivity contribution in [3.63, 3.8) is 0 Å². The smallest absolute Gasteiger partial charge is 0.241 e. The van der Waals surface area contributed by atoms with Crippen LogP contribution in [0.4, 0.5) is 0 Å². The molecular formula is C12H19BrN2O2S2. The Bertz CT molecular complexity index is 520. The lowest BCUT2D eigenvalue weighted by Gasteiger charge is -2.13. The molecule has 1 atom stereocenters. The van der Waals surface area contributed by atoms with Gasteiger partial charge in [0.2, 0.25) is 10.0 Å². The second-order valence-corrected chi connectivity index (χ2v) is 7.88. The molecule has 0 amide bonds. The van der Waals surface area contributed by atoms with Crippen molar-refractivity contribution in [3.05, 3.63) is 28.2 Å². The van der Waals surface area contributed by atoms with Crippen LogP contribution in [0.2, 0.25) is 0 Å². The van der Waals surface area contributed by atoms with Crippen LogP contribution >= 0.6 is 27.7 Å². The minimum atomic E-state index is -3.50. The van der Waals surface area contributed by atoms with Crippen LogP contribution in [0.5, 0.6) is 0 Å². The van der Waals surface area contributed by atoms with Crippen molar-refractivity contribution in [1.82, 2.24) is 4.72 Å². The maximum atomic E-state index is 12.2. The minimum absolute atomic E-state index is 0.242. The fraction of sp³-hybridized carbons (Fsp3) is 0.500. The van der Waals surface area contributed by atoms with E-state index in [1.165, 1.54) is 0 Å². The lowest BCUT2D eigenvalue weighted by Crippen LogP contribution is -2.29. The van der Waals surface area contributed by atoms with Crippen molar-refractivity contribution in [2.24, 2.45) is 11.7 Å². The predicted octanol–water partition coefficient (Wildman–Crippen LogP) is 2.19. The monoisotopic (exact) mass is 366 g/mol. The Kier molecular flexibility index (Phi) is 6.82. The first-order valence-electron chi connectivity index (χ1n) is 5.87. The molecule has 0 saturated carbocycles. The molecule has 0 spiro atoms. The van der Waals surface area contributed by atoms with Gasteiger partial charge >= 0.3 is 0 Å². The molecule has 3 N–H and O–H groups in total. The molecule has 0 aromatic heterocycles. The van der Waals surface area contributed by atoms with Gasteiger partial charge < -0.3 is 5.73 Å². The highest BCUT2D eigenvalue weighted by Gasteiger charge is 2.18. The molecule has 0 fully saturated rings. The molecule has 1 unspecified atom stereocenters. The summed E-state index contributed by atoms with van der Waals surface area (Å²) in [4.78, 5) is 0.242. The average Bonchev–Trinajstić information content (AvgIpc) is 2.37. The molecule has 1 aromatic carbocycles. The Labute approximate surface area is 127 Å². The molecule has 19 heavy (non-hydrogen) atoms. The first-order chi connectivity index (χ1) is 8.90. The van der Waals surface area contributed by atoms with Crippen LogP contribution in [-0.2, 0) is 16.6 Å². The molecule has 0 saturated heterocycles. The molecule has 0 heterocycles. The Morgan fingerprint density at radius 3 is 2.74 bits per heavy atom. The van der Waals surface area contributed by atoms with E-state index in [0.717, 1.165) is 11.3 Å². The maximum Gasteiger partial charge on any atom is 0.241 e. The summed E-state index contributed by atoms with van der Waals surface area (Å²) in [7, 11) is -3.50. The number of sulfonamides is 1. The van der Waals surface area contributed by atoms with Gasteiger partial charge in [-0.3, -0.25) is 0 Å². The van der Waals surface area contributed by atoms with Gasteiger partial charge in [0.25, 0.3) is 0 Å². The molecule has 0 aliphatic rings. The zero-order valence-electron chi connectivity index (χ0n) is 11.0. The quantitative estimate of drug-likeness (QED) is 0.775. The summed E-state index contributed by atoms with van der Waals surface area (Å²) in [5.74, 6) is 1.22. The van der Waals surface area contributed by atoms with Crippen LogP contribution in [0.25, 0.3) is 0 Å². The SMILES string of the molecule is CSCC(C)CNS(=O)(=O)c1cc(CN)ccc1Br. The number of halogens is 1. The fourth-order valence-corrected chi connectivity index (χ4v) is 4.42. The van der Waals surface area contributed by atoms with Gasteiger partial charge in [-0.2, -0.15) is 11.8 Å². The third-order valence-corrected chi connectivity index (χ3v) is 5.91. The number of rotatable bonds is 7. The first-order valence-corrected chi connectivity index (χ1v) is 9.54. The number of thioether (sulfide) groups is 1. The molecule has 108 valence electrons. The maximum absolute atomic E-state index is 12.2. The summed E-state index contributed by atoms with van der Waals surface area (Å²) in [6.07, 6.45) is 2.01. The Morgan fingerprint density at radius 1 is 1.47 bits per heavy atom. The van der Waals surface area contributed by atoms with Crippen LogP contribution in [-0.4, -0.2) is 27.0 Å². The lowest BCUT2D eigenvalue weighted by molar-refractivity contribution is 0.562. The van der Waals surface area contributed by atoms with E-state index in [1.807, 2.05) is 13.2 Å². The summed E-state index contributed by atoms with van der Waals surface area (Å²) in [6.45, 7) is 2.77. The highest BCUT2D eigenvalue weighted by molar-refractivity contribution is 9.10. The van der Waals surface area contributed by atoms with Crippen molar-refractivity contribution in [3.8, 4) is 0 Å². The molecule has 0 aliphatic heterocycles.